The summed E-state index contributed by atoms with van der Waals surface area (Å²) in [5.74, 6) is -1.89. The van der Waals surface area contributed by atoms with E-state index in [1.54, 1.807) is 30.3 Å². The van der Waals surface area contributed by atoms with Gasteiger partial charge in [-0.3, -0.25) is 14.4 Å². The molecule has 0 fully saturated rings. The molecule has 28 heavy (non-hydrogen) atoms. The molecule has 0 aliphatic carbocycles. The Kier molecular flexibility index (Phi) is 5.84. The van der Waals surface area contributed by atoms with Crippen molar-refractivity contribution < 1.29 is 23.9 Å². The molecule has 0 spiro atoms. The molecule has 0 bridgehead atoms. The Balaban J connectivity index is 1.71. The highest BCUT2D eigenvalue weighted by molar-refractivity contribution is 6.34. The van der Waals surface area contributed by atoms with Crippen molar-refractivity contribution in [2.24, 2.45) is 0 Å². The fourth-order valence-corrected chi connectivity index (χ4v) is 2.95. The standard InChI is InChI=1S/C21H19FN2O4/c22-15-7-8-18-16(12-15)17(21(28)24-18)11-13-4-3-5-14(10-13)20(27)23-9-2-1-6-19(25)26/h3-5,7-8,10-12H,1-2,6,9H2,(H,23,27)(H,24,28)(H,25,26)/b17-11-. The lowest BCUT2D eigenvalue weighted by atomic mass is 10.0. The monoisotopic (exact) mass is 382 g/mol. The average molecular weight is 382 g/mol. The summed E-state index contributed by atoms with van der Waals surface area (Å²) >= 11 is 0. The minimum Gasteiger partial charge on any atom is -0.481 e. The number of hydrogen-bond acceptors (Lipinski definition) is 3. The normalized spacial score (nSPS) is 13.9. The zero-order valence-corrected chi connectivity index (χ0v) is 15.0. The van der Waals surface area contributed by atoms with Crippen LogP contribution in [0.5, 0.6) is 0 Å². The number of carbonyl (C=O) groups excluding carboxylic acids is 2. The van der Waals surface area contributed by atoms with Crippen LogP contribution in [0.4, 0.5) is 10.1 Å². The van der Waals surface area contributed by atoms with Crippen LogP contribution in [0.3, 0.4) is 0 Å². The zero-order chi connectivity index (χ0) is 20.1. The summed E-state index contributed by atoms with van der Waals surface area (Å²) in [6.45, 7) is 0.381. The molecule has 2 aromatic carbocycles. The Morgan fingerprint density at radius 2 is 1.96 bits per heavy atom. The zero-order valence-electron chi connectivity index (χ0n) is 15.0. The van der Waals surface area contributed by atoms with E-state index in [4.69, 9.17) is 5.11 Å². The van der Waals surface area contributed by atoms with E-state index >= 15 is 0 Å². The van der Waals surface area contributed by atoms with Crippen LogP contribution in [-0.4, -0.2) is 29.4 Å². The van der Waals surface area contributed by atoms with E-state index in [2.05, 4.69) is 10.6 Å². The van der Waals surface area contributed by atoms with E-state index in [0.717, 1.165) is 0 Å². The highest BCUT2D eigenvalue weighted by Crippen LogP contribution is 2.33. The molecule has 0 saturated carbocycles. The number of rotatable bonds is 7. The van der Waals surface area contributed by atoms with Crippen LogP contribution in [0, 0.1) is 5.82 Å². The molecule has 2 amide bonds. The third kappa shape index (κ3) is 4.62. The Hall–Kier alpha value is -3.48. The van der Waals surface area contributed by atoms with Crippen molar-refractivity contribution in [2.45, 2.75) is 19.3 Å². The van der Waals surface area contributed by atoms with Gasteiger partial charge >= 0.3 is 5.97 Å². The molecular formula is C21H19FN2O4. The SMILES string of the molecule is O=C(O)CCCCNC(=O)c1cccc(/C=C2\C(=O)Nc3ccc(F)cc32)c1. The Morgan fingerprint density at radius 1 is 1.14 bits per heavy atom. The second-order valence-electron chi connectivity index (χ2n) is 6.43. The number of aliphatic carboxylic acids is 1. The maximum atomic E-state index is 13.5. The van der Waals surface area contributed by atoms with Gasteiger partial charge in [0, 0.05) is 35.4 Å². The minimum absolute atomic E-state index is 0.0725. The molecule has 0 aromatic heterocycles. The third-order valence-electron chi connectivity index (χ3n) is 4.33. The Labute approximate surface area is 161 Å². The summed E-state index contributed by atoms with van der Waals surface area (Å²) in [7, 11) is 0. The second kappa shape index (κ2) is 8.47. The van der Waals surface area contributed by atoms with Gasteiger partial charge in [0.2, 0.25) is 0 Å². The highest BCUT2D eigenvalue weighted by Gasteiger charge is 2.24. The van der Waals surface area contributed by atoms with Crippen LogP contribution in [0.15, 0.2) is 42.5 Å². The van der Waals surface area contributed by atoms with Crippen molar-refractivity contribution in [1.82, 2.24) is 5.32 Å². The van der Waals surface area contributed by atoms with Gasteiger partial charge in [0.15, 0.2) is 0 Å². The molecule has 0 radical (unpaired) electrons. The maximum Gasteiger partial charge on any atom is 0.303 e. The van der Waals surface area contributed by atoms with E-state index < -0.39 is 11.8 Å². The van der Waals surface area contributed by atoms with E-state index in [-0.39, 0.29) is 18.2 Å². The summed E-state index contributed by atoms with van der Waals surface area (Å²) in [4.78, 5) is 34.9. The molecule has 0 saturated heterocycles. The van der Waals surface area contributed by atoms with Crippen molar-refractivity contribution in [3.8, 4) is 0 Å². The molecule has 1 aliphatic rings. The summed E-state index contributed by atoms with van der Waals surface area (Å²) in [6.07, 6.45) is 2.75. The van der Waals surface area contributed by atoms with Gasteiger partial charge in [0.1, 0.15) is 5.82 Å². The van der Waals surface area contributed by atoms with Crippen LogP contribution in [0.25, 0.3) is 11.6 Å². The highest BCUT2D eigenvalue weighted by atomic mass is 19.1. The third-order valence-corrected chi connectivity index (χ3v) is 4.33. The number of carboxylic acid groups (broad SMARTS) is 1. The van der Waals surface area contributed by atoms with Crippen molar-refractivity contribution in [1.29, 1.82) is 0 Å². The van der Waals surface area contributed by atoms with Gasteiger partial charge in [-0.15, -0.1) is 0 Å². The van der Waals surface area contributed by atoms with Gasteiger partial charge in [-0.2, -0.15) is 0 Å². The summed E-state index contributed by atoms with van der Waals surface area (Å²) < 4.78 is 13.5. The smallest absolute Gasteiger partial charge is 0.303 e. The van der Waals surface area contributed by atoms with Gasteiger partial charge < -0.3 is 15.7 Å². The number of carbonyl (C=O) groups is 3. The lowest BCUT2D eigenvalue weighted by Crippen LogP contribution is -2.24. The molecule has 3 N–H and O–H groups in total. The van der Waals surface area contributed by atoms with Gasteiger partial charge in [0.25, 0.3) is 11.8 Å². The fraction of sp³-hybridized carbons (Fsp3) is 0.190. The quantitative estimate of drug-likeness (QED) is 0.506. The second-order valence-corrected chi connectivity index (χ2v) is 6.43. The topological polar surface area (TPSA) is 95.5 Å². The van der Waals surface area contributed by atoms with E-state index in [0.29, 0.717) is 47.3 Å². The van der Waals surface area contributed by atoms with Gasteiger partial charge in [-0.05, 0) is 54.8 Å². The lowest BCUT2D eigenvalue weighted by Gasteiger charge is -2.06. The molecule has 3 rings (SSSR count). The number of halogens is 1. The number of amides is 2. The van der Waals surface area contributed by atoms with Crippen LogP contribution in [-0.2, 0) is 9.59 Å². The van der Waals surface area contributed by atoms with Crippen molar-refractivity contribution in [3.05, 3.63) is 65.0 Å². The van der Waals surface area contributed by atoms with Crippen LogP contribution < -0.4 is 10.6 Å². The van der Waals surface area contributed by atoms with Gasteiger partial charge in [-0.1, -0.05) is 12.1 Å². The molecule has 7 heteroatoms. The first-order chi connectivity index (χ1) is 13.4. The van der Waals surface area contributed by atoms with Crippen LogP contribution >= 0.6 is 0 Å². The summed E-state index contributed by atoms with van der Waals surface area (Å²) in [5, 5.41) is 14.0. The van der Waals surface area contributed by atoms with Crippen molar-refractivity contribution in [3.63, 3.8) is 0 Å². The number of fused-ring (bicyclic) bond motifs is 1. The Morgan fingerprint density at radius 3 is 2.75 bits per heavy atom. The fourth-order valence-electron chi connectivity index (χ4n) is 2.95. The van der Waals surface area contributed by atoms with E-state index in [9.17, 15) is 18.8 Å². The summed E-state index contributed by atoms with van der Waals surface area (Å²) in [5.41, 5.74) is 2.43. The number of nitrogens with one attached hydrogen (secondary N) is 2. The first-order valence-corrected chi connectivity index (χ1v) is 8.87. The number of benzene rings is 2. The minimum atomic E-state index is -0.857. The lowest BCUT2D eigenvalue weighted by molar-refractivity contribution is -0.137. The van der Waals surface area contributed by atoms with Crippen molar-refractivity contribution >= 4 is 35.1 Å². The van der Waals surface area contributed by atoms with E-state index in [1.165, 1.54) is 18.2 Å². The molecule has 0 atom stereocenters. The molecule has 6 nitrogen and oxygen atoms in total. The van der Waals surface area contributed by atoms with Gasteiger partial charge in [-0.25, -0.2) is 4.39 Å². The first-order valence-electron chi connectivity index (χ1n) is 8.87. The first kappa shape index (κ1) is 19.3. The van der Waals surface area contributed by atoms with Gasteiger partial charge in [0.05, 0.1) is 0 Å². The average Bonchev–Trinajstić information content (AvgIpc) is 2.96. The molecule has 144 valence electrons. The molecule has 2 aromatic rings. The summed E-state index contributed by atoms with van der Waals surface area (Å²) in [6, 6.07) is 10.8. The number of carboxylic acids is 1. The van der Waals surface area contributed by atoms with Crippen molar-refractivity contribution in [2.75, 3.05) is 11.9 Å². The maximum absolute atomic E-state index is 13.5. The largest absolute Gasteiger partial charge is 0.481 e. The Bertz CT molecular complexity index is 969. The van der Waals surface area contributed by atoms with Crippen LogP contribution in [0.2, 0.25) is 0 Å². The number of anilines is 1. The van der Waals surface area contributed by atoms with E-state index in [1.807, 2.05) is 0 Å². The molecule has 1 aliphatic heterocycles. The predicted octanol–water partition coefficient (Wildman–Crippen LogP) is 3.30. The number of unbranched alkanes of at least 4 members (excludes halogenated alkanes) is 1. The molecule has 0 unspecified atom stereocenters. The predicted molar refractivity (Wildman–Crippen MR) is 103 cm³/mol. The number of hydrogen-bond donors (Lipinski definition) is 3. The molecular weight excluding hydrogens is 363 g/mol. The molecule has 1 heterocycles. The van der Waals surface area contributed by atoms with Crippen LogP contribution in [0.1, 0.15) is 40.7 Å².